The van der Waals surface area contributed by atoms with Gasteiger partial charge >= 0.3 is 0 Å². The molecule has 0 fully saturated rings. The number of para-hydroxylation sites is 1. The summed E-state index contributed by atoms with van der Waals surface area (Å²) in [6.45, 7) is 2.97. The quantitative estimate of drug-likeness (QED) is 0.625. The van der Waals surface area contributed by atoms with Crippen LogP contribution in [0, 0.1) is 12.7 Å². The molecular weight excluding hydrogens is 227 g/mol. The van der Waals surface area contributed by atoms with Crippen molar-refractivity contribution in [3.05, 3.63) is 29.6 Å². The fourth-order valence-electron chi connectivity index (χ4n) is 1.21. The SMILES string of the molecule is COCCNC(=S)Nc1c(C)cccc1F. The lowest BCUT2D eigenvalue weighted by atomic mass is 10.2. The van der Waals surface area contributed by atoms with Crippen molar-refractivity contribution >= 4 is 23.0 Å². The largest absolute Gasteiger partial charge is 0.383 e. The monoisotopic (exact) mass is 242 g/mol. The maximum absolute atomic E-state index is 13.4. The van der Waals surface area contributed by atoms with Crippen LogP contribution in [-0.2, 0) is 4.74 Å². The van der Waals surface area contributed by atoms with Gasteiger partial charge in [0.1, 0.15) is 5.82 Å². The highest BCUT2D eigenvalue weighted by atomic mass is 32.1. The minimum atomic E-state index is -0.309. The summed E-state index contributed by atoms with van der Waals surface area (Å²) in [4.78, 5) is 0. The zero-order valence-corrected chi connectivity index (χ0v) is 10.2. The van der Waals surface area contributed by atoms with Crippen molar-refractivity contribution in [2.45, 2.75) is 6.92 Å². The van der Waals surface area contributed by atoms with Crippen LogP contribution in [0.3, 0.4) is 0 Å². The van der Waals surface area contributed by atoms with Gasteiger partial charge in [-0.3, -0.25) is 0 Å². The van der Waals surface area contributed by atoms with E-state index in [-0.39, 0.29) is 5.82 Å². The fourth-order valence-corrected chi connectivity index (χ4v) is 1.42. The second-order valence-electron chi connectivity index (χ2n) is 3.31. The normalized spacial score (nSPS) is 9.94. The molecule has 0 unspecified atom stereocenters. The predicted molar refractivity (Wildman–Crippen MR) is 67.2 cm³/mol. The number of hydrogen-bond acceptors (Lipinski definition) is 2. The summed E-state index contributed by atoms with van der Waals surface area (Å²) in [6, 6.07) is 4.88. The van der Waals surface area contributed by atoms with Crippen LogP contribution in [0.5, 0.6) is 0 Å². The van der Waals surface area contributed by atoms with E-state index >= 15 is 0 Å². The average Bonchev–Trinajstić information content (AvgIpc) is 2.24. The number of benzene rings is 1. The smallest absolute Gasteiger partial charge is 0.170 e. The third-order valence-electron chi connectivity index (χ3n) is 2.05. The molecule has 1 aromatic rings. The van der Waals surface area contributed by atoms with Crippen molar-refractivity contribution in [3.8, 4) is 0 Å². The van der Waals surface area contributed by atoms with Gasteiger partial charge in [-0.05, 0) is 30.8 Å². The van der Waals surface area contributed by atoms with Crippen molar-refractivity contribution in [1.29, 1.82) is 0 Å². The molecule has 1 aromatic carbocycles. The summed E-state index contributed by atoms with van der Waals surface area (Å²) in [6.07, 6.45) is 0. The van der Waals surface area contributed by atoms with E-state index in [1.165, 1.54) is 6.07 Å². The van der Waals surface area contributed by atoms with Gasteiger partial charge in [-0.1, -0.05) is 12.1 Å². The molecule has 3 nitrogen and oxygen atoms in total. The summed E-state index contributed by atoms with van der Waals surface area (Å²) >= 11 is 5.02. The van der Waals surface area contributed by atoms with Crippen LogP contribution < -0.4 is 10.6 Å². The Kier molecular flexibility index (Phi) is 5.14. The third-order valence-corrected chi connectivity index (χ3v) is 2.30. The highest BCUT2D eigenvalue weighted by Gasteiger charge is 2.06. The molecule has 5 heteroatoms. The van der Waals surface area contributed by atoms with Crippen LogP contribution >= 0.6 is 12.2 Å². The van der Waals surface area contributed by atoms with E-state index in [2.05, 4.69) is 10.6 Å². The highest BCUT2D eigenvalue weighted by molar-refractivity contribution is 7.80. The van der Waals surface area contributed by atoms with Crippen LogP contribution in [0.25, 0.3) is 0 Å². The van der Waals surface area contributed by atoms with Crippen molar-refractivity contribution < 1.29 is 9.13 Å². The van der Waals surface area contributed by atoms with Crippen molar-refractivity contribution in [2.75, 3.05) is 25.6 Å². The molecule has 0 aliphatic heterocycles. The Morgan fingerprint density at radius 1 is 1.50 bits per heavy atom. The van der Waals surface area contributed by atoms with Gasteiger partial charge in [-0.2, -0.15) is 0 Å². The van der Waals surface area contributed by atoms with E-state index < -0.39 is 0 Å². The van der Waals surface area contributed by atoms with Gasteiger partial charge in [0.15, 0.2) is 5.11 Å². The molecule has 0 atom stereocenters. The van der Waals surface area contributed by atoms with Gasteiger partial charge < -0.3 is 15.4 Å². The van der Waals surface area contributed by atoms with E-state index in [1.807, 2.05) is 13.0 Å². The molecule has 0 aromatic heterocycles. The Hall–Kier alpha value is -1.20. The fraction of sp³-hybridized carbons (Fsp3) is 0.364. The number of nitrogens with one attached hydrogen (secondary N) is 2. The van der Waals surface area contributed by atoms with E-state index in [0.29, 0.717) is 24.0 Å². The lowest BCUT2D eigenvalue weighted by Gasteiger charge is -2.12. The van der Waals surface area contributed by atoms with Crippen molar-refractivity contribution in [1.82, 2.24) is 5.32 Å². The lowest BCUT2D eigenvalue weighted by Crippen LogP contribution is -2.31. The molecule has 0 aliphatic rings. The number of halogens is 1. The molecular formula is C11H15FN2OS. The second-order valence-corrected chi connectivity index (χ2v) is 3.71. The Bertz CT molecular complexity index is 351. The Labute approximate surface area is 100.0 Å². The molecule has 0 spiro atoms. The van der Waals surface area contributed by atoms with Crippen LogP contribution in [-0.4, -0.2) is 25.4 Å². The minimum absolute atomic E-state index is 0.309. The second kappa shape index (κ2) is 6.40. The lowest BCUT2D eigenvalue weighted by molar-refractivity contribution is 0.204. The van der Waals surface area contributed by atoms with Crippen LogP contribution in [0.15, 0.2) is 18.2 Å². The Balaban J connectivity index is 2.56. The summed E-state index contributed by atoms with van der Waals surface area (Å²) in [5.41, 5.74) is 1.23. The zero-order valence-electron chi connectivity index (χ0n) is 9.34. The molecule has 16 heavy (non-hydrogen) atoms. The highest BCUT2D eigenvalue weighted by Crippen LogP contribution is 2.18. The standard InChI is InChI=1S/C11H15FN2OS/c1-8-4-3-5-9(12)10(8)14-11(16)13-6-7-15-2/h3-5H,6-7H2,1-2H3,(H2,13,14,16). The van der Waals surface area contributed by atoms with Gasteiger partial charge in [-0.25, -0.2) is 4.39 Å². The first-order chi connectivity index (χ1) is 7.65. The van der Waals surface area contributed by atoms with Crippen molar-refractivity contribution in [3.63, 3.8) is 0 Å². The zero-order chi connectivity index (χ0) is 12.0. The number of aryl methyl sites for hydroxylation is 1. The third kappa shape index (κ3) is 3.75. The number of hydrogen-bond donors (Lipinski definition) is 2. The van der Waals surface area contributed by atoms with Gasteiger partial charge in [-0.15, -0.1) is 0 Å². The molecule has 0 saturated carbocycles. The average molecular weight is 242 g/mol. The Morgan fingerprint density at radius 2 is 2.25 bits per heavy atom. The molecule has 0 amide bonds. The van der Waals surface area contributed by atoms with Gasteiger partial charge in [0.25, 0.3) is 0 Å². The van der Waals surface area contributed by atoms with E-state index in [0.717, 1.165) is 5.56 Å². The van der Waals surface area contributed by atoms with Crippen LogP contribution in [0.4, 0.5) is 10.1 Å². The van der Waals surface area contributed by atoms with Gasteiger partial charge in [0, 0.05) is 13.7 Å². The first kappa shape index (κ1) is 12.9. The molecule has 88 valence electrons. The van der Waals surface area contributed by atoms with Gasteiger partial charge in [0.05, 0.1) is 12.3 Å². The van der Waals surface area contributed by atoms with Gasteiger partial charge in [0.2, 0.25) is 0 Å². The van der Waals surface area contributed by atoms with Crippen molar-refractivity contribution in [2.24, 2.45) is 0 Å². The molecule has 0 saturated heterocycles. The van der Waals surface area contributed by atoms with E-state index in [9.17, 15) is 4.39 Å². The summed E-state index contributed by atoms with van der Waals surface area (Å²) in [5, 5.41) is 6.14. The number of rotatable bonds is 4. The van der Waals surface area contributed by atoms with Crippen LogP contribution in [0.2, 0.25) is 0 Å². The topological polar surface area (TPSA) is 33.3 Å². The first-order valence-electron chi connectivity index (χ1n) is 4.94. The maximum Gasteiger partial charge on any atom is 0.170 e. The molecule has 0 bridgehead atoms. The number of methoxy groups -OCH3 is 1. The van der Waals surface area contributed by atoms with Crippen LogP contribution in [0.1, 0.15) is 5.56 Å². The molecule has 1 rings (SSSR count). The first-order valence-corrected chi connectivity index (χ1v) is 5.35. The predicted octanol–water partition coefficient (Wildman–Crippen LogP) is 2.07. The molecule has 0 aliphatic carbocycles. The number of ether oxygens (including phenoxy) is 1. The molecule has 0 radical (unpaired) electrons. The summed E-state index contributed by atoms with van der Waals surface area (Å²) < 4.78 is 18.3. The number of anilines is 1. The summed E-state index contributed by atoms with van der Waals surface area (Å²) in [5.74, 6) is -0.309. The maximum atomic E-state index is 13.4. The molecule has 2 N–H and O–H groups in total. The minimum Gasteiger partial charge on any atom is -0.383 e. The Morgan fingerprint density at radius 3 is 2.88 bits per heavy atom. The van der Waals surface area contributed by atoms with E-state index in [4.69, 9.17) is 17.0 Å². The molecule has 0 heterocycles. The number of thiocarbonyl (C=S) groups is 1. The van der Waals surface area contributed by atoms with E-state index in [1.54, 1.807) is 13.2 Å². The summed E-state index contributed by atoms with van der Waals surface area (Å²) in [7, 11) is 1.61.